The molecule has 0 amide bonds. The Kier molecular flexibility index (Phi) is 4.69. The van der Waals surface area contributed by atoms with E-state index in [0.717, 1.165) is 29.2 Å². The highest BCUT2D eigenvalue weighted by atomic mass is 35.5. The Morgan fingerprint density at radius 2 is 2.15 bits per heavy atom. The molecular formula is C13H19ClN6. The number of rotatable bonds is 5. The van der Waals surface area contributed by atoms with Crippen molar-refractivity contribution >= 4 is 11.6 Å². The SMILES string of the molecule is CCc1nn(C)c(CC(NN)c2cnc(C)cn2)c1Cl. The average molecular weight is 295 g/mol. The Hall–Kier alpha value is -1.50. The smallest absolute Gasteiger partial charge is 0.0850 e. The van der Waals surface area contributed by atoms with Crippen LogP contribution in [0.25, 0.3) is 0 Å². The van der Waals surface area contributed by atoms with Gasteiger partial charge < -0.3 is 0 Å². The monoisotopic (exact) mass is 294 g/mol. The molecule has 2 aromatic heterocycles. The van der Waals surface area contributed by atoms with E-state index in [9.17, 15) is 0 Å². The second kappa shape index (κ2) is 6.30. The second-order valence-electron chi connectivity index (χ2n) is 4.69. The van der Waals surface area contributed by atoms with Crippen molar-refractivity contribution in [2.45, 2.75) is 32.7 Å². The molecule has 0 bridgehead atoms. The maximum Gasteiger partial charge on any atom is 0.0850 e. The van der Waals surface area contributed by atoms with Gasteiger partial charge in [-0.05, 0) is 13.3 Å². The summed E-state index contributed by atoms with van der Waals surface area (Å²) >= 11 is 6.36. The van der Waals surface area contributed by atoms with Crippen LogP contribution in [0.15, 0.2) is 12.4 Å². The van der Waals surface area contributed by atoms with Crippen molar-refractivity contribution in [2.24, 2.45) is 12.9 Å². The lowest BCUT2D eigenvalue weighted by molar-refractivity contribution is 0.516. The van der Waals surface area contributed by atoms with Gasteiger partial charge in [-0.25, -0.2) is 0 Å². The summed E-state index contributed by atoms with van der Waals surface area (Å²) in [7, 11) is 1.88. The third-order valence-electron chi connectivity index (χ3n) is 3.26. The Balaban J connectivity index is 2.26. The third-order valence-corrected chi connectivity index (χ3v) is 3.70. The van der Waals surface area contributed by atoms with E-state index in [1.165, 1.54) is 0 Å². The van der Waals surface area contributed by atoms with Crippen LogP contribution in [0.4, 0.5) is 0 Å². The average Bonchev–Trinajstić information content (AvgIpc) is 2.72. The first-order valence-electron chi connectivity index (χ1n) is 6.51. The van der Waals surface area contributed by atoms with E-state index in [0.29, 0.717) is 11.4 Å². The van der Waals surface area contributed by atoms with Crippen LogP contribution in [0.1, 0.15) is 35.7 Å². The van der Waals surface area contributed by atoms with E-state index in [1.807, 2.05) is 20.9 Å². The second-order valence-corrected chi connectivity index (χ2v) is 5.07. The van der Waals surface area contributed by atoms with E-state index in [-0.39, 0.29) is 6.04 Å². The molecule has 0 saturated heterocycles. The van der Waals surface area contributed by atoms with Crippen molar-refractivity contribution in [3.63, 3.8) is 0 Å². The van der Waals surface area contributed by atoms with Gasteiger partial charge in [0, 0.05) is 19.7 Å². The molecule has 7 heteroatoms. The molecule has 2 aromatic rings. The Labute approximate surface area is 123 Å². The van der Waals surface area contributed by atoms with Crippen LogP contribution in [0.5, 0.6) is 0 Å². The lowest BCUT2D eigenvalue weighted by Crippen LogP contribution is -2.31. The molecule has 0 radical (unpaired) electrons. The maximum absolute atomic E-state index is 6.36. The topological polar surface area (TPSA) is 81.7 Å². The lowest BCUT2D eigenvalue weighted by Gasteiger charge is -2.15. The molecule has 2 heterocycles. The molecule has 0 saturated carbocycles. The lowest BCUT2D eigenvalue weighted by atomic mass is 10.1. The van der Waals surface area contributed by atoms with Crippen LogP contribution < -0.4 is 11.3 Å². The zero-order valence-electron chi connectivity index (χ0n) is 11.9. The van der Waals surface area contributed by atoms with Crippen molar-refractivity contribution in [1.29, 1.82) is 0 Å². The minimum absolute atomic E-state index is 0.152. The molecule has 0 aliphatic rings. The molecule has 1 unspecified atom stereocenters. The van der Waals surface area contributed by atoms with E-state index in [1.54, 1.807) is 17.1 Å². The van der Waals surface area contributed by atoms with Crippen LogP contribution in [0.3, 0.4) is 0 Å². The van der Waals surface area contributed by atoms with E-state index in [4.69, 9.17) is 17.4 Å². The number of hydrazine groups is 1. The summed E-state index contributed by atoms with van der Waals surface area (Å²) in [5, 5.41) is 5.11. The number of halogens is 1. The highest BCUT2D eigenvalue weighted by Crippen LogP contribution is 2.25. The van der Waals surface area contributed by atoms with Gasteiger partial charge >= 0.3 is 0 Å². The van der Waals surface area contributed by atoms with Crippen LogP contribution in [0.2, 0.25) is 5.02 Å². The standard InChI is InChI=1S/C13H19ClN6/c1-4-9-13(14)12(20(3)19-9)5-10(18-15)11-7-16-8(2)6-17-11/h6-7,10,18H,4-5,15H2,1-3H3. The van der Waals surface area contributed by atoms with Gasteiger partial charge in [-0.2, -0.15) is 5.10 Å². The van der Waals surface area contributed by atoms with Gasteiger partial charge in [0.05, 0.1) is 40.0 Å². The number of nitrogens with one attached hydrogen (secondary N) is 1. The maximum atomic E-state index is 6.36. The van der Waals surface area contributed by atoms with E-state index >= 15 is 0 Å². The Morgan fingerprint density at radius 1 is 1.40 bits per heavy atom. The number of hydrogen-bond donors (Lipinski definition) is 2. The molecule has 1 atom stereocenters. The number of nitrogens with two attached hydrogens (primary N) is 1. The zero-order chi connectivity index (χ0) is 14.7. The normalized spacial score (nSPS) is 12.7. The summed E-state index contributed by atoms with van der Waals surface area (Å²) in [5.41, 5.74) is 6.26. The predicted molar refractivity (Wildman–Crippen MR) is 78.1 cm³/mol. The van der Waals surface area contributed by atoms with Crippen molar-refractivity contribution in [3.8, 4) is 0 Å². The van der Waals surface area contributed by atoms with Gasteiger partial charge in [-0.15, -0.1) is 0 Å². The number of hydrogen-bond acceptors (Lipinski definition) is 5. The first-order valence-corrected chi connectivity index (χ1v) is 6.89. The summed E-state index contributed by atoms with van der Waals surface area (Å²) in [6.07, 6.45) is 4.86. The third kappa shape index (κ3) is 2.98. The summed E-state index contributed by atoms with van der Waals surface area (Å²) in [5.74, 6) is 5.64. The van der Waals surface area contributed by atoms with Crippen LogP contribution in [0, 0.1) is 6.92 Å². The molecule has 0 spiro atoms. The van der Waals surface area contributed by atoms with Crippen molar-refractivity contribution in [2.75, 3.05) is 0 Å². The fraction of sp³-hybridized carbons (Fsp3) is 0.462. The van der Waals surface area contributed by atoms with Crippen LogP contribution in [-0.4, -0.2) is 19.7 Å². The van der Waals surface area contributed by atoms with Gasteiger partial charge in [0.2, 0.25) is 0 Å². The van der Waals surface area contributed by atoms with Gasteiger partial charge in [0.1, 0.15) is 0 Å². The molecule has 108 valence electrons. The summed E-state index contributed by atoms with van der Waals surface area (Å²) < 4.78 is 1.80. The van der Waals surface area contributed by atoms with Crippen molar-refractivity contribution < 1.29 is 0 Å². The van der Waals surface area contributed by atoms with E-state index in [2.05, 4.69) is 20.5 Å². The first kappa shape index (κ1) is 14.9. The van der Waals surface area contributed by atoms with E-state index < -0.39 is 0 Å². The predicted octanol–water partition coefficient (Wildman–Crippen LogP) is 1.48. The van der Waals surface area contributed by atoms with Gasteiger partial charge in [0.15, 0.2) is 0 Å². The largest absolute Gasteiger partial charge is 0.271 e. The molecule has 0 aliphatic heterocycles. The molecular weight excluding hydrogens is 276 g/mol. The Bertz CT molecular complexity index is 577. The molecule has 0 aromatic carbocycles. The highest BCUT2D eigenvalue weighted by molar-refractivity contribution is 6.31. The van der Waals surface area contributed by atoms with Crippen LogP contribution in [-0.2, 0) is 19.9 Å². The number of aryl methyl sites for hydroxylation is 3. The zero-order valence-corrected chi connectivity index (χ0v) is 12.6. The minimum atomic E-state index is -0.152. The van der Waals surface area contributed by atoms with Crippen molar-refractivity contribution in [3.05, 3.63) is 40.2 Å². The fourth-order valence-corrected chi connectivity index (χ4v) is 2.44. The molecule has 0 fully saturated rings. The number of aromatic nitrogens is 4. The minimum Gasteiger partial charge on any atom is -0.271 e. The quantitative estimate of drug-likeness (QED) is 0.645. The summed E-state index contributed by atoms with van der Waals surface area (Å²) in [4.78, 5) is 8.60. The molecule has 3 N–H and O–H groups in total. The number of nitrogens with zero attached hydrogens (tertiary/aromatic N) is 4. The molecule has 20 heavy (non-hydrogen) atoms. The molecule has 0 aliphatic carbocycles. The van der Waals surface area contributed by atoms with Gasteiger partial charge in [0.25, 0.3) is 0 Å². The van der Waals surface area contributed by atoms with Crippen molar-refractivity contribution in [1.82, 2.24) is 25.2 Å². The Morgan fingerprint density at radius 3 is 2.65 bits per heavy atom. The first-order chi connectivity index (χ1) is 9.56. The molecule has 2 rings (SSSR count). The highest BCUT2D eigenvalue weighted by Gasteiger charge is 2.19. The summed E-state index contributed by atoms with van der Waals surface area (Å²) in [6.45, 7) is 3.93. The fourth-order valence-electron chi connectivity index (χ4n) is 2.07. The van der Waals surface area contributed by atoms with Crippen LogP contribution >= 0.6 is 11.6 Å². The molecule has 6 nitrogen and oxygen atoms in total. The summed E-state index contributed by atoms with van der Waals surface area (Å²) in [6, 6.07) is -0.152. The van der Waals surface area contributed by atoms with Gasteiger partial charge in [-0.1, -0.05) is 18.5 Å². The van der Waals surface area contributed by atoms with Gasteiger partial charge in [-0.3, -0.25) is 25.9 Å².